The van der Waals surface area contributed by atoms with E-state index in [2.05, 4.69) is 0 Å². The van der Waals surface area contributed by atoms with Crippen LogP contribution in [0.1, 0.15) is 34.5 Å². The lowest BCUT2D eigenvalue weighted by atomic mass is 9.90. The van der Waals surface area contributed by atoms with E-state index in [4.69, 9.17) is 0 Å². The van der Waals surface area contributed by atoms with Gasteiger partial charge in [-0.15, -0.1) is 0 Å². The number of hydrogen-bond acceptors (Lipinski definition) is 3. The van der Waals surface area contributed by atoms with Gasteiger partial charge in [0.25, 0.3) is 5.91 Å². The van der Waals surface area contributed by atoms with E-state index in [1.165, 1.54) is 0 Å². The van der Waals surface area contributed by atoms with Crippen LogP contribution in [0, 0.1) is 6.92 Å². The Bertz CT molecular complexity index is 696. The Morgan fingerprint density at radius 3 is 2.36 bits per heavy atom. The molecule has 22 heavy (non-hydrogen) atoms. The van der Waals surface area contributed by atoms with Crippen LogP contribution in [0.2, 0.25) is 0 Å². The van der Waals surface area contributed by atoms with Gasteiger partial charge in [-0.1, -0.05) is 35.9 Å². The van der Waals surface area contributed by atoms with E-state index in [-0.39, 0.29) is 5.91 Å². The molecule has 0 bridgehead atoms. The largest absolute Gasteiger partial charge is 0.388 e. The smallest absolute Gasteiger partial charge is 0.258 e. The van der Waals surface area contributed by atoms with Crippen LogP contribution in [0.15, 0.2) is 48.5 Å². The van der Waals surface area contributed by atoms with Crippen LogP contribution in [0.3, 0.4) is 0 Å². The third-order valence-corrected chi connectivity index (χ3v) is 4.26. The highest BCUT2D eigenvalue weighted by Gasteiger charge is 2.39. The molecule has 1 aliphatic heterocycles. The van der Waals surface area contributed by atoms with E-state index in [9.17, 15) is 15.0 Å². The van der Waals surface area contributed by atoms with Gasteiger partial charge >= 0.3 is 0 Å². The molecule has 0 spiro atoms. The van der Waals surface area contributed by atoms with Crippen LogP contribution in [0.4, 0.5) is 5.69 Å². The fourth-order valence-corrected chi connectivity index (χ4v) is 2.91. The number of rotatable bonds is 1. The summed E-state index contributed by atoms with van der Waals surface area (Å²) in [5.74, 6) is -0.175. The van der Waals surface area contributed by atoms with Gasteiger partial charge in [-0.2, -0.15) is 0 Å². The van der Waals surface area contributed by atoms with E-state index in [1.807, 2.05) is 25.1 Å². The lowest BCUT2D eigenvalue weighted by Crippen LogP contribution is -2.51. The summed E-state index contributed by atoms with van der Waals surface area (Å²) >= 11 is 0. The highest BCUT2D eigenvalue weighted by molar-refractivity contribution is 6.07. The second kappa shape index (κ2) is 5.55. The van der Waals surface area contributed by atoms with E-state index in [0.717, 1.165) is 5.56 Å². The fourth-order valence-electron chi connectivity index (χ4n) is 2.91. The van der Waals surface area contributed by atoms with Crippen molar-refractivity contribution < 1.29 is 15.0 Å². The molecule has 4 nitrogen and oxygen atoms in total. The van der Waals surface area contributed by atoms with Crippen molar-refractivity contribution in [1.29, 1.82) is 0 Å². The molecular formula is C18H19NO3. The Labute approximate surface area is 129 Å². The lowest BCUT2D eigenvalue weighted by molar-refractivity contribution is -0.00104. The van der Waals surface area contributed by atoms with Crippen molar-refractivity contribution in [2.45, 2.75) is 32.1 Å². The maximum absolute atomic E-state index is 12.9. The van der Waals surface area contributed by atoms with E-state index in [0.29, 0.717) is 16.8 Å². The van der Waals surface area contributed by atoms with E-state index >= 15 is 0 Å². The average molecular weight is 297 g/mol. The molecule has 0 radical (unpaired) electrons. The number of para-hydroxylation sites is 1. The minimum atomic E-state index is -1.01. The normalized spacial score (nSPS) is 24.0. The van der Waals surface area contributed by atoms with Crippen LogP contribution in [0.5, 0.6) is 0 Å². The number of benzene rings is 2. The molecule has 2 aromatic rings. The second-order valence-corrected chi connectivity index (χ2v) is 5.78. The Balaban J connectivity index is 2.07. The van der Waals surface area contributed by atoms with Gasteiger partial charge in [-0.25, -0.2) is 0 Å². The Hall–Kier alpha value is -2.17. The molecule has 1 amide bonds. The molecule has 114 valence electrons. The van der Waals surface area contributed by atoms with Gasteiger partial charge in [0.2, 0.25) is 0 Å². The number of carbonyl (C=O) groups is 1. The summed E-state index contributed by atoms with van der Waals surface area (Å²) in [7, 11) is 0. The van der Waals surface area contributed by atoms with Crippen molar-refractivity contribution in [3.05, 3.63) is 65.2 Å². The number of anilines is 1. The van der Waals surface area contributed by atoms with Gasteiger partial charge in [-0.05, 0) is 32.0 Å². The first-order chi connectivity index (χ1) is 10.5. The summed E-state index contributed by atoms with van der Waals surface area (Å²) in [6, 6.07) is 14.0. The van der Waals surface area contributed by atoms with Crippen molar-refractivity contribution in [3.63, 3.8) is 0 Å². The second-order valence-electron chi connectivity index (χ2n) is 5.78. The molecule has 0 unspecified atom stereocenters. The summed E-state index contributed by atoms with van der Waals surface area (Å²) < 4.78 is 0. The maximum atomic E-state index is 12.9. The van der Waals surface area contributed by atoms with Crippen LogP contribution in [-0.4, -0.2) is 28.3 Å². The first kappa shape index (κ1) is 14.8. The Kier molecular flexibility index (Phi) is 3.72. The number of aliphatic hydroxyl groups is 2. The van der Waals surface area contributed by atoms with Crippen LogP contribution in [-0.2, 0) is 0 Å². The molecule has 1 heterocycles. The molecular weight excluding hydrogens is 278 g/mol. The zero-order valence-electron chi connectivity index (χ0n) is 12.6. The fraction of sp³-hybridized carbons (Fsp3) is 0.278. The Morgan fingerprint density at radius 2 is 1.68 bits per heavy atom. The van der Waals surface area contributed by atoms with Crippen molar-refractivity contribution in [3.8, 4) is 0 Å². The van der Waals surface area contributed by atoms with Crippen molar-refractivity contribution in [2.75, 3.05) is 4.90 Å². The molecule has 0 aliphatic carbocycles. The number of hydrogen-bond donors (Lipinski definition) is 2. The number of aryl methyl sites for hydroxylation is 1. The minimum absolute atomic E-state index is 0.175. The van der Waals surface area contributed by atoms with Crippen LogP contribution >= 0.6 is 0 Å². The third-order valence-electron chi connectivity index (χ3n) is 4.26. The number of carbonyl (C=O) groups excluding carboxylic acids is 1. The zero-order chi connectivity index (χ0) is 15.9. The predicted octanol–water partition coefficient (Wildman–Crippen LogP) is 2.44. The molecule has 1 aliphatic rings. The quantitative estimate of drug-likeness (QED) is 0.850. The molecule has 0 fully saturated rings. The number of aliphatic hydroxyl groups excluding tert-OH is 2. The maximum Gasteiger partial charge on any atom is 0.258 e. The van der Waals surface area contributed by atoms with E-state index in [1.54, 1.807) is 42.2 Å². The number of fused-ring (bicyclic) bond motifs is 1. The molecule has 2 N–H and O–H groups in total. The summed E-state index contributed by atoms with van der Waals surface area (Å²) in [5, 5.41) is 20.5. The summed E-state index contributed by atoms with van der Waals surface area (Å²) in [4.78, 5) is 14.4. The topological polar surface area (TPSA) is 60.8 Å². The summed E-state index contributed by atoms with van der Waals surface area (Å²) in [6.07, 6.45) is -1.99. The van der Waals surface area contributed by atoms with Crippen LogP contribution in [0.25, 0.3) is 0 Å². The summed E-state index contributed by atoms with van der Waals surface area (Å²) in [5.41, 5.74) is 2.88. The monoisotopic (exact) mass is 297 g/mol. The predicted molar refractivity (Wildman–Crippen MR) is 84.9 cm³/mol. The van der Waals surface area contributed by atoms with Crippen molar-refractivity contribution in [1.82, 2.24) is 0 Å². The van der Waals surface area contributed by atoms with Gasteiger partial charge in [-0.3, -0.25) is 4.79 Å². The summed E-state index contributed by atoms with van der Waals surface area (Å²) in [6.45, 7) is 3.71. The van der Waals surface area contributed by atoms with Gasteiger partial charge in [0.15, 0.2) is 0 Å². The molecule has 3 atom stereocenters. The standard InChI is InChI=1S/C18H19NO3/c1-11-7-9-13(10-8-11)18(22)19-12(2)16(20)17(21)14-5-3-4-6-15(14)19/h3-10,12,16-17,20-21H,1-2H3/t12-,16-,17-/m0/s1. The Morgan fingerprint density at radius 1 is 1.05 bits per heavy atom. The van der Waals surface area contributed by atoms with Gasteiger partial charge in [0.1, 0.15) is 12.2 Å². The molecule has 0 saturated carbocycles. The molecule has 0 saturated heterocycles. The van der Waals surface area contributed by atoms with Crippen LogP contribution < -0.4 is 4.90 Å². The van der Waals surface area contributed by atoms with Gasteiger partial charge in [0, 0.05) is 11.1 Å². The molecule has 2 aromatic carbocycles. The van der Waals surface area contributed by atoms with Gasteiger partial charge in [0.05, 0.1) is 11.7 Å². The minimum Gasteiger partial charge on any atom is -0.388 e. The van der Waals surface area contributed by atoms with E-state index < -0.39 is 18.2 Å². The average Bonchev–Trinajstić information content (AvgIpc) is 2.53. The van der Waals surface area contributed by atoms with Crippen molar-refractivity contribution in [2.24, 2.45) is 0 Å². The first-order valence-corrected chi connectivity index (χ1v) is 7.36. The zero-order valence-corrected chi connectivity index (χ0v) is 12.6. The van der Waals surface area contributed by atoms with Gasteiger partial charge < -0.3 is 15.1 Å². The lowest BCUT2D eigenvalue weighted by Gasteiger charge is -2.41. The number of amides is 1. The van der Waals surface area contributed by atoms with Crippen molar-refractivity contribution >= 4 is 11.6 Å². The molecule has 4 heteroatoms. The molecule has 0 aromatic heterocycles. The first-order valence-electron chi connectivity index (χ1n) is 7.36. The highest BCUT2D eigenvalue weighted by atomic mass is 16.3. The number of nitrogens with zero attached hydrogens (tertiary/aromatic N) is 1. The SMILES string of the molecule is Cc1ccc(C(=O)N2c3ccccc3[C@H](O)[C@@H](O)[C@@H]2C)cc1. The molecule has 3 rings (SSSR count). The third kappa shape index (κ3) is 2.30. The highest BCUT2D eigenvalue weighted by Crippen LogP contribution is 2.37.